The van der Waals surface area contributed by atoms with Crippen LogP contribution in [0.15, 0.2) is 42.5 Å². The number of ketones is 1. The van der Waals surface area contributed by atoms with Gasteiger partial charge in [-0.1, -0.05) is 29.8 Å². The van der Waals surface area contributed by atoms with Crippen molar-refractivity contribution in [2.75, 3.05) is 6.61 Å². The van der Waals surface area contributed by atoms with Crippen LogP contribution in [-0.4, -0.2) is 32.7 Å². The highest BCUT2D eigenvalue weighted by Crippen LogP contribution is 2.25. The van der Waals surface area contributed by atoms with E-state index < -0.39 is 5.97 Å². The SMILES string of the molecule is Cc1nn(-c2ccccc2)c(Cl)c1/C=C/C(=O)OCC(=O)c1cc(C)n(C(C)C)c1C. The highest BCUT2D eigenvalue weighted by Gasteiger charge is 2.18. The van der Waals surface area contributed by atoms with Gasteiger partial charge in [-0.25, -0.2) is 9.48 Å². The second kappa shape index (κ2) is 9.35. The number of carbonyl (C=O) groups excluding carboxylic acids is 2. The van der Waals surface area contributed by atoms with Gasteiger partial charge in [-0.05, 0) is 58.9 Å². The number of carbonyl (C=O) groups is 2. The average Bonchev–Trinajstić information content (AvgIpc) is 3.20. The minimum atomic E-state index is -0.617. The van der Waals surface area contributed by atoms with E-state index >= 15 is 0 Å². The summed E-state index contributed by atoms with van der Waals surface area (Å²) in [5, 5.41) is 4.83. The van der Waals surface area contributed by atoms with Gasteiger partial charge < -0.3 is 9.30 Å². The number of Topliss-reactive ketones (excluding diaryl/α,β-unsaturated/α-hetero) is 1. The number of halogens is 1. The monoisotopic (exact) mass is 439 g/mol. The van der Waals surface area contributed by atoms with Crippen molar-refractivity contribution in [1.29, 1.82) is 0 Å². The van der Waals surface area contributed by atoms with Crippen LogP contribution in [0, 0.1) is 20.8 Å². The fourth-order valence-corrected chi connectivity index (χ4v) is 4.04. The van der Waals surface area contributed by atoms with Gasteiger partial charge in [0.2, 0.25) is 5.78 Å². The van der Waals surface area contributed by atoms with E-state index in [-0.39, 0.29) is 18.4 Å². The Morgan fingerprint density at radius 1 is 1.16 bits per heavy atom. The van der Waals surface area contributed by atoms with Gasteiger partial charge in [0.1, 0.15) is 5.15 Å². The Balaban J connectivity index is 1.68. The zero-order valence-corrected chi connectivity index (χ0v) is 19.1. The zero-order chi connectivity index (χ0) is 22.7. The Labute approximate surface area is 187 Å². The average molecular weight is 440 g/mol. The lowest BCUT2D eigenvalue weighted by molar-refractivity contribution is -0.136. The highest BCUT2D eigenvalue weighted by molar-refractivity contribution is 6.31. The van der Waals surface area contributed by atoms with Gasteiger partial charge in [0.05, 0.1) is 11.4 Å². The Hall–Kier alpha value is -3.12. The van der Waals surface area contributed by atoms with E-state index in [0.29, 0.717) is 22.0 Å². The summed E-state index contributed by atoms with van der Waals surface area (Å²) in [6.45, 7) is 9.47. The number of hydrogen-bond donors (Lipinski definition) is 0. The van der Waals surface area contributed by atoms with Gasteiger partial charge in [-0.15, -0.1) is 0 Å². The topological polar surface area (TPSA) is 66.1 Å². The molecule has 0 amide bonds. The van der Waals surface area contributed by atoms with Crippen molar-refractivity contribution in [1.82, 2.24) is 14.3 Å². The third-order valence-corrected chi connectivity index (χ3v) is 5.45. The molecule has 0 unspecified atom stereocenters. The molecule has 0 aliphatic rings. The fourth-order valence-electron chi connectivity index (χ4n) is 3.71. The molecule has 3 rings (SSSR count). The van der Waals surface area contributed by atoms with Crippen molar-refractivity contribution in [3.8, 4) is 5.69 Å². The highest BCUT2D eigenvalue weighted by atomic mass is 35.5. The summed E-state index contributed by atoms with van der Waals surface area (Å²) >= 11 is 6.46. The van der Waals surface area contributed by atoms with Crippen molar-refractivity contribution in [3.63, 3.8) is 0 Å². The number of rotatable bonds is 7. The number of para-hydroxylation sites is 1. The maximum Gasteiger partial charge on any atom is 0.331 e. The normalized spacial score (nSPS) is 11.5. The second-order valence-corrected chi connectivity index (χ2v) is 8.01. The number of ether oxygens (including phenoxy) is 1. The molecule has 0 aliphatic heterocycles. The van der Waals surface area contributed by atoms with Crippen LogP contribution in [0.25, 0.3) is 11.8 Å². The molecule has 6 nitrogen and oxygen atoms in total. The van der Waals surface area contributed by atoms with E-state index in [9.17, 15) is 9.59 Å². The Morgan fingerprint density at radius 2 is 1.84 bits per heavy atom. The van der Waals surface area contributed by atoms with Crippen LogP contribution in [0.4, 0.5) is 0 Å². The molecule has 31 heavy (non-hydrogen) atoms. The molecule has 7 heteroatoms. The first-order chi connectivity index (χ1) is 14.7. The van der Waals surface area contributed by atoms with E-state index in [1.54, 1.807) is 10.8 Å². The smallest absolute Gasteiger partial charge is 0.331 e. The summed E-state index contributed by atoms with van der Waals surface area (Å²) in [6.07, 6.45) is 2.82. The third kappa shape index (κ3) is 4.80. The Morgan fingerprint density at radius 3 is 2.45 bits per heavy atom. The molecule has 2 heterocycles. The van der Waals surface area contributed by atoms with E-state index in [4.69, 9.17) is 16.3 Å². The van der Waals surface area contributed by atoms with Crippen molar-refractivity contribution < 1.29 is 14.3 Å². The lowest BCUT2D eigenvalue weighted by atomic mass is 10.1. The molecular weight excluding hydrogens is 414 g/mol. The lowest BCUT2D eigenvalue weighted by Crippen LogP contribution is -2.14. The summed E-state index contributed by atoms with van der Waals surface area (Å²) in [5.74, 6) is -0.846. The molecule has 0 aliphatic carbocycles. The maximum atomic E-state index is 12.6. The van der Waals surface area contributed by atoms with Crippen LogP contribution < -0.4 is 0 Å². The molecule has 2 aromatic heterocycles. The standard InChI is InChI=1S/C24H26ClN3O3/c1-15(2)27-16(3)13-21(18(27)5)22(29)14-31-23(30)12-11-20-17(4)26-28(24(20)25)19-9-7-6-8-10-19/h6-13,15H,14H2,1-5H3/b12-11+. The van der Waals surface area contributed by atoms with Crippen LogP contribution >= 0.6 is 11.6 Å². The predicted molar refractivity (Wildman–Crippen MR) is 122 cm³/mol. The molecule has 0 fully saturated rings. The van der Waals surface area contributed by atoms with Crippen molar-refractivity contribution in [3.05, 3.63) is 75.8 Å². The number of benzene rings is 1. The van der Waals surface area contributed by atoms with Crippen molar-refractivity contribution >= 4 is 29.4 Å². The van der Waals surface area contributed by atoms with Gasteiger partial charge in [-0.3, -0.25) is 4.79 Å². The number of hydrogen-bond acceptors (Lipinski definition) is 4. The molecule has 0 spiro atoms. The van der Waals surface area contributed by atoms with Crippen LogP contribution in [0.1, 0.15) is 52.9 Å². The number of aromatic nitrogens is 3. The molecule has 0 saturated heterocycles. The van der Waals surface area contributed by atoms with Crippen molar-refractivity contribution in [2.24, 2.45) is 0 Å². The first kappa shape index (κ1) is 22.6. The summed E-state index contributed by atoms with van der Waals surface area (Å²) in [5.41, 5.74) is 4.57. The molecule has 0 atom stereocenters. The second-order valence-electron chi connectivity index (χ2n) is 7.65. The zero-order valence-electron chi connectivity index (χ0n) is 18.3. The molecule has 0 N–H and O–H groups in total. The van der Waals surface area contributed by atoms with Crippen molar-refractivity contribution in [2.45, 2.75) is 40.7 Å². The van der Waals surface area contributed by atoms with E-state index in [1.165, 1.54) is 6.08 Å². The van der Waals surface area contributed by atoms with Gasteiger partial charge >= 0.3 is 5.97 Å². The van der Waals surface area contributed by atoms with Crippen LogP contribution in [-0.2, 0) is 9.53 Å². The fraction of sp³-hybridized carbons (Fsp3) is 0.292. The molecule has 0 saturated carbocycles. The summed E-state index contributed by atoms with van der Waals surface area (Å²) in [7, 11) is 0. The summed E-state index contributed by atoms with van der Waals surface area (Å²) in [6, 6.07) is 11.6. The van der Waals surface area contributed by atoms with E-state index in [0.717, 1.165) is 17.1 Å². The largest absolute Gasteiger partial charge is 0.454 e. The number of esters is 1. The van der Waals surface area contributed by atoms with Gasteiger partial charge in [0.15, 0.2) is 6.61 Å². The summed E-state index contributed by atoms with van der Waals surface area (Å²) in [4.78, 5) is 24.7. The molecule has 0 bridgehead atoms. The predicted octanol–water partition coefficient (Wildman–Crippen LogP) is 5.27. The van der Waals surface area contributed by atoms with Gasteiger partial charge in [-0.2, -0.15) is 5.10 Å². The third-order valence-electron chi connectivity index (χ3n) is 5.08. The van der Waals surface area contributed by atoms with E-state index in [1.807, 2.05) is 57.2 Å². The molecule has 1 aromatic carbocycles. The molecular formula is C24H26ClN3O3. The maximum absolute atomic E-state index is 12.6. The van der Waals surface area contributed by atoms with Crippen LogP contribution in [0.3, 0.4) is 0 Å². The van der Waals surface area contributed by atoms with Crippen LogP contribution in [0.2, 0.25) is 5.15 Å². The molecule has 162 valence electrons. The molecule has 3 aromatic rings. The number of aryl methyl sites for hydroxylation is 2. The first-order valence-electron chi connectivity index (χ1n) is 10.1. The minimum absolute atomic E-state index is 0.229. The van der Waals surface area contributed by atoms with Gasteiger partial charge in [0.25, 0.3) is 0 Å². The Kier molecular flexibility index (Phi) is 6.81. The Bertz CT molecular complexity index is 1140. The van der Waals surface area contributed by atoms with Crippen LogP contribution in [0.5, 0.6) is 0 Å². The van der Waals surface area contributed by atoms with Gasteiger partial charge in [0, 0.05) is 34.6 Å². The first-order valence-corrected chi connectivity index (χ1v) is 10.5. The molecule has 0 radical (unpaired) electrons. The minimum Gasteiger partial charge on any atom is -0.454 e. The summed E-state index contributed by atoms with van der Waals surface area (Å²) < 4.78 is 8.86. The number of nitrogens with zero attached hydrogens (tertiary/aromatic N) is 3. The quantitative estimate of drug-likeness (QED) is 0.285. The van der Waals surface area contributed by atoms with E-state index in [2.05, 4.69) is 23.5 Å². The lowest BCUT2D eigenvalue weighted by Gasteiger charge is -2.13.